The number of hydrogen-bond acceptors (Lipinski definition) is 6. The van der Waals surface area contributed by atoms with Crippen LogP contribution in [0.4, 0.5) is 0 Å². The Morgan fingerprint density at radius 1 is 1.21 bits per heavy atom. The van der Waals surface area contributed by atoms with Gasteiger partial charge >= 0.3 is 0 Å². The minimum atomic E-state index is -3.76. The Morgan fingerprint density at radius 2 is 2.00 bits per heavy atom. The Kier molecular flexibility index (Phi) is 4.46. The van der Waals surface area contributed by atoms with Crippen LogP contribution in [0, 0.1) is 12.3 Å². The molecule has 0 saturated heterocycles. The highest BCUT2D eigenvalue weighted by atomic mass is 32.2. The lowest BCUT2D eigenvalue weighted by atomic mass is 10.3. The van der Waals surface area contributed by atoms with Crippen LogP contribution in [-0.4, -0.2) is 29.4 Å². The van der Waals surface area contributed by atoms with Crippen molar-refractivity contribution in [2.75, 3.05) is 6.54 Å². The van der Waals surface area contributed by atoms with Crippen LogP contribution in [-0.2, 0) is 16.6 Å². The highest BCUT2D eigenvalue weighted by Crippen LogP contribution is 2.20. The molecule has 0 saturated carbocycles. The molecule has 0 fully saturated rings. The topological polar surface area (TPSA) is 89.4 Å². The van der Waals surface area contributed by atoms with Gasteiger partial charge in [0.25, 0.3) is 5.89 Å². The standard InChI is InChI=1S/C16H13N3O4S/c1-2-9-19(24(20,21)14-6-4-3-5-7-14)11-15-17-16(23-18-15)13-8-10-22-12-13/h1,3-8,10,12H,9,11H2. The maximum Gasteiger partial charge on any atom is 0.261 e. The number of aromatic nitrogens is 2. The molecule has 3 rings (SSSR count). The second kappa shape index (κ2) is 6.70. The van der Waals surface area contributed by atoms with Gasteiger partial charge in [-0.3, -0.25) is 0 Å². The van der Waals surface area contributed by atoms with Crippen molar-refractivity contribution in [2.24, 2.45) is 0 Å². The molecule has 0 amide bonds. The van der Waals surface area contributed by atoms with Crippen molar-refractivity contribution in [1.82, 2.24) is 14.4 Å². The molecule has 0 aliphatic carbocycles. The number of hydrogen-bond donors (Lipinski definition) is 0. The third kappa shape index (κ3) is 3.22. The first-order chi connectivity index (χ1) is 11.6. The molecule has 2 aromatic heterocycles. The zero-order chi connectivity index (χ0) is 17.0. The quantitative estimate of drug-likeness (QED) is 0.637. The summed E-state index contributed by atoms with van der Waals surface area (Å²) in [6.07, 6.45) is 8.24. The van der Waals surface area contributed by atoms with Crippen LogP contribution in [0.15, 0.2) is 62.8 Å². The Bertz CT molecular complexity index is 941. The number of rotatable bonds is 6. The molecule has 0 unspecified atom stereocenters. The number of benzene rings is 1. The molecule has 24 heavy (non-hydrogen) atoms. The van der Waals surface area contributed by atoms with E-state index in [9.17, 15) is 8.42 Å². The van der Waals surface area contributed by atoms with Gasteiger partial charge in [-0.15, -0.1) is 6.42 Å². The summed E-state index contributed by atoms with van der Waals surface area (Å²) >= 11 is 0. The molecule has 7 nitrogen and oxygen atoms in total. The molecule has 122 valence electrons. The van der Waals surface area contributed by atoms with E-state index in [1.54, 1.807) is 24.3 Å². The van der Waals surface area contributed by atoms with Gasteiger partial charge in [-0.2, -0.15) is 9.29 Å². The van der Waals surface area contributed by atoms with E-state index in [4.69, 9.17) is 15.4 Å². The molecule has 2 heterocycles. The Balaban J connectivity index is 1.86. The van der Waals surface area contributed by atoms with E-state index in [0.29, 0.717) is 5.56 Å². The predicted molar refractivity (Wildman–Crippen MR) is 84.9 cm³/mol. The number of nitrogens with zero attached hydrogens (tertiary/aromatic N) is 3. The van der Waals surface area contributed by atoms with E-state index < -0.39 is 10.0 Å². The molecule has 0 aliphatic rings. The fraction of sp³-hybridized carbons (Fsp3) is 0.125. The van der Waals surface area contributed by atoms with E-state index in [1.165, 1.54) is 24.7 Å². The van der Waals surface area contributed by atoms with Crippen molar-refractivity contribution in [3.05, 3.63) is 54.7 Å². The molecule has 3 aromatic rings. The summed E-state index contributed by atoms with van der Waals surface area (Å²) in [6, 6.07) is 9.70. The van der Waals surface area contributed by atoms with Gasteiger partial charge < -0.3 is 8.94 Å². The molecule has 0 atom stereocenters. The Labute approximate surface area is 139 Å². The molecule has 0 bridgehead atoms. The zero-order valence-corrected chi connectivity index (χ0v) is 13.3. The van der Waals surface area contributed by atoms with Crippen LogP contribution >= 0.6 is 0 Å². The fourth-order valence-corrected chi connectivity index (χ4v) is 3.38. The molecule has 0 aliphatic heterocycles. The van der Waals surface area contributed by atoms with Gasteiger partial charge in [-0.1, -0.05) is 29.3 Å². The summed E-state index contributed by atoms with van der Waals surface area (Å²) < 4.78 is 36.6. The first kappa shape index (κ1) is 16.0. The fourth-order valence-electron chi connectivity index (χ4n) is 2.05. The van der Waals surface area contributed by atoms with Gasteiger partial charge in [0.2, 0.25) is 10.0 Å². The van der Waals surface area contributed by atoms with E-state index in [0.717, 1.165) is 4.31 Å². The van der Waals surface area contributed by atoms with Crippen LogP contribution in [0.5, 0.6) is 0 Å². The van der Waals surface area contributed by atoms with Crippen LogP contribution in [0.2, 0.25) is 0 Å². The first-order valence-electron chi connectivity index (χ1n) is 6.95. The number of terminal acetylenes is 1. The Hall–Kier alpha value is -2.89. The van der Waals surface area contributed by atoms with Crippen molar-refractivity contribution in [3.63, 3.8) is 0 Å². The lowest BCUT2D eigenvalue weighted by Crippen LogP contribution is -2.31. The first-order valence-corrected chi connectivity index (χ1v) is 8.39. The largest absolute Gasteiger partial charge is 0.472 e. The van der Waals surface area contributed by atoms with Crippen LogP contribution in [0.25, 0.3) is 11.5 Å². The normalized spacial score (nSPS) is 11.5. The average Bonchev–Trinajstić information content (AvgIpc) is 3.26. The summed E-state index contributed by atoms with van der Waals surface area (Å²) in [4.78, 5) is 4.32. The minimum absolute atomic E-state index is 0.0945. The van der Waals surface area contributed by atoms with Gasteiger partial charge in [0.15, 0.2) is 5.82 Å². The smallest absolute Gasteiger partial charge is 0.261 e. The second-order valence-electron chi connectivity index (χ2n) is 4.82. The molecule has 0 spiro atoms. The number of sulfonamides is 1. The summed E-state index contributed by atoms with van der Waals surface area (Å²) in [7, 11) is -3.76. The van der Waals surface area contributed by atoms with Crippen LogP contribution < -0.4 is 0 Å². The van der Waals surface area contributed by atoms with Gasteiger partial charge in [0.05, 0.1) is 29.8 Å². The van der Waals surface area contributed by atoms with Crippen molar-refractivity contribution < 1.29 is 17.4 Å². The van der Waals surface area contributed by atoms with Gasteiger partial charge in [-0.25, -0.2) is 8.42 Å². The van der Waals surface area contributed by atoms with E-state index >= 15 is 0 Å². The SMILES string of the molecule is C#CCN(Cc1noc(-c2ccoc2)n1)S(=O)(=O)c1ccccc1. The minimum Gasteiger partial charge on any atom is -0.472 e. The third-order valence-corrected chi connectivity index (χ3v) is 5.01. The lowest BCUT2D eigenvalue weighted by Gasteiger charge is -2.18. The van der Waals surface area contributed by atoms with Crippen molar-refractivity contribution in [2.45, 2.75) is 11.4 Å². The molecular formula is C16H13N3O4S. The molecular weight excluding hydrogens is 330 g/mol. The van der Waals surface area contributed by atoms with Gasteiger partial charge in [0, 0.05) is 0 Å². The average molecular weight is 343 g/mol. The van der Waals surface area contributed by atoms with Crippen molar-refractivity contribution >= 4 is 10.0 Å². The number of furan rings is 1. The molecule has 8 heteroatoms. The van der Waals surface area contributed by atoms with E-state index in [2.05, 4.69) is 16.1 Å². The molecule has 1 aromatic carbocycles. The third-order valence-electron chi connectivity index (χ3n) is 3.20. The maximum atomic E-state index is 12.7. The van der Waals surface area contributed by atoms with E-state index in [-0.39, 0.29) is 29.7 Å². The van der Waals surface area contributed by atoms with Crippen LogP contribution in [0.1, 0.15) is 5.82 Å². The summed E-state index contributed by atoms with van der Waals surface area (Å²) in [5, 5.41) is 3.80. The summed E-state index contributed by atoms with van der Waals surface area (Å²) in [5.74, 6) is 2.80. The zero-order valence-electron chi connectivity index (χ0n) is 12.5. The molecule has 0 radical (unpaired) electrons. The van der Waals surface area contributed by atoms with Crippen molar-refractivity contribution in [3.8, 4) is 23.8 Å². The second-order valence-corrected chi connectivity index (χ2v) is 6.76. The van der Waals surface area contributed by atoms with Gasteiger partial charge in [0.1, 0.15) is 6.26 Å². The highest BCUT2D eigenvalue weighted by molar-refractivity contribution is 7.89. The summed E-state index contributed by atoms with van der Waals surface area (Å²) in [5.41, 5.74) is 0.614. The van der Waals surface area contributed by atoms with Crippen LogP contribution in [0.3, 0.4) is 0 Å². The monoisotopic (exact) mass is 343 g/mol. The highest BCUT2D eigenvalue weighted by Gasteiger charge is 2.25. The predicted octanol–water partition coefficient (Wildman–Crippen LogP) is 2.15. The lowest BCUT2D eigenvalue weighted by molar-refractivity contribution is 0.393. The van der Waals surface area contributed by atoms with E-state index in [1.807, 2.05) is 0 Å². The summed E-state index contributed by atoms with van der Waals surface area (Å²) in [6.45, 7) is -0.199. The maximum absolute atomic E-state index is 12.7. The Morgan fingerprint density at radius 3 is 2.67 bits per heavy atom. The van der Waals surface area contributed by atoms with Crippen molar-refractivity contribution in [1.29, 1.82) is 0 Å². The van der Waals surface area contributed by atoms with Gasteiger partial charge in [-0.05, 0) is 18.2 Å². The molecule has 0 N–H and O–H groups in total.